The van der Waals surface area contributed by atoms with E-state index in [0.717, 1.165) is 0 Å². The van der Waals surface area contributed by atoms with E-state index in [-0.39, 0.29) is 13.1 Å². The third-order valence-electron chi connectivity index (χ3n) is 3.64. The summed E-state index contributed by atoms with van der Waals surface area (Å²) in [5.41, 5.74) is -0.926. The molecule has 0 aromatic heterocycles. The second-order valence-electron chi connectivity index (χ2n) is 5.24. The summed E-state index contributed by atoms with van der Waals surface area (Å²) in [7, 11) is 0. The monoisotopic (exact) mass is 266 g/mol. The van der Waals surface area contributed by atoms with Gasteiger partial charge in [0, 0.05) is 0 Å². The van der Waals surface area contributed by atoms with Crippen molar-refractivity contribution in [1.29, 1.82) is 0 Å². The number of rotatable bonds is 3. The fourth-order valence-corrected chi connectivity index (χ4v) is 2.15. The Morgan fingerprint density at radius 2 is 2.06 bits per heavy atom. The molecule has 0 aromatic rings. The highest BCUT2D eigenvalue weighted by Crippen LogP contribution is 2.40. The Hall–Kier alpha value is -0.980. The van der Waals surface area contributed by atoms with Crippen molar-refractivity contribution in [3.05, 3.63) is 0 Å². The van der Waals surface area contributed by atoms with Crippen LogP contribution < -0.4 is 5.32 Å². The molecule has 1 saturated carbocycles. The van der Waals surface area contributed by atoms with Crippen molar-refractivity contribution in [3.63, 3.8) is 0 Å². The molecule has 0 spiro atoms. The average molecular weight is 266 g/mol. The normalized spacial score (nSPS) is 24.4. The summed E-state index contributed by atoms with van der Waals surface area (Å²) in [5.74, 6) is -0.486. The molecule has 2 amide bonds. The summed E-state index contributed by atoms with van der Waals surface area (Å²) >= 11 is 0. The van der Waals surface area contributed by atoms with Gasteiger partial charge in [0.15, 0.2) is 0 Å². The third kappa shape index (κ3) is 2.71. The number of likely N-dealkylation sites (tertiary alicyclic amines) is 1. The molecule has 2 rings (SSSR count). The van der Waals surface area contributed by atoms with E-state index < -0.39 is 29.8 Å². The van der Waals surface area contributed by atoms with E-state index >= 15 is 0 Å². The van der Waals surface area contributed by atoms with E-state index in [2.05, 4.69) is 0 Å². The molecule has 0 aromatic carbocycles. The van der Waals surface area contributed by atoms with Crippen LogP contribution in [0.25, 0.3) is 0 Å². The predicted octanol–water partition coefficient (Wildman–Crippen LogP) is 1.49. The Bertz CT molecular complexity index is 336. The van der Waals surface area contributed by atoms with Crippen molar-refractivity contribution in [1.82, 2.24) is 10.2 Å². The molecule has 0 bridgehead atoms. The lowest BCUT2D eigenvalue weighted by Gasteiger charge is -2.46. The molecular weight excluding hydrogens is 249 g/mol. The fraction of sp³-hybridized carbons (Fsp3) is 0.909. The molecule has 0 radical (unpaired) electrons. The molecule has 18 heavy (non-hydrogen) atoms. The summed E-state index contributed by atoms with van der Waals surface area (Å²) < 4.78 is 38.1. The second-order valence-corrected chi connectivity index (χ2v) is 5.24. The van der Waals surface area contributed by atoms with Gasteiger partial charge in [0.05, 0.1) is 18.7 Å². The SMILES string of the molecule is CCC1(O)CN(C(=O)NC(C2CC2)C(F)(F)F)C1. The zero-order chi connectivity index (χ0) is 13.6. The van der Waals surface area contributed by atoms with Gasteiger partial charge in [-0.15, -0.1) is 0 Å². The number of carbonyl (C=O) groups is 1. The number of hydrogen-bond donors (Lipinski definition) is 2. The van der Waals surface area contributed by atoms with E-state index in [4.69, 9.17) is 0 Å². The zero-order valence-corrected chi connectivity index (χ0v) is 10.1. The Morgan fingerprint density at radius 3 is 2.44 bits per heavy atom. The summed E-state index contributed by atoms with van der Waals surface area (Å²) in [6.07, 6.45) is -2.91. The van der Waals surface area contributed by atoms with E-state index in [1.165, 1.54) is 4.90 Å². The molecule has 1 heterocycles. The van der Waals surface area contributed by atoms with Gasteiger partial charge in [-0.1, -0.05) is 6.92 Å². The first-order chi connectivity index (χ1) is 8.25. The maximum absolute atomic E-state index is 12.7. The van der Waals surface area contributed by atoms with Crippen LogP contribution in [0.3, 0.4) is 0 Å². The largest absolute Gasteiger partial charge is 0.408 e. The zero-order valence-electron chi connectivity index (χ0n) is 10.1. The van der Waals surface area contributed by atoms with Crippen LogP contribution in [-0.2, 0) is 0 Å². The van der Waals surface area contributed by atoms with E-state index in [9.17, 15) is 23.1 Å². The highest BCUT2D eigenvalue weighted by molar-refractivity contribution is 5.76. The third-order valence-corrected chi connectivity index (χ3v) is 3.64. The minimum Gasteiger partial charge on any atom is -0.386 e. The number of nitrogens with zero attached hydrogens (tertiary/aromatic N) is 1. The van der Waals surface area contributed by atoms with Crippen LogP contribution in [-0.4, -0.2) is 46.9 Å². The van der Waals surface area contributed by atoms with Crippen LogP contribution in [0.2, 0.25) is 0 Å². The van der Waals surface area contributed by atoms with Gasteiger partial charge in [-0.25, -0.2) is 4.79 Å². The lowest BCUT2D eigenvalue weighted by atomic mass is 9.92. The van der Waals surface area contributed by atoms with Crippen LogP contribution >= 0.6 is 0 Å². The highest BCUT2D eigenvalue weighted by atomic mass is 19.4. The molecule has 2 fully saturated rings. The van der Waals surface area contributed by atoms with Gasteiger partial charge >= 0.3 is 12.2 Å². The van der Waals surface area contributed by atoms with Crippen molar-refractivity contribution in [2.75, 3.05) is 13.1 Å². The molecule has 1 aliphatic carbocycles. The van der Waals surface area contributed by atoms with Gasteiger partial charge in [-0.05, 0) is 25.2 Å². The second kappa shape index (κ2) is 4.29. The first-order valence-electron chi connectivity index (χ1n) is 6.10. The average Bonchev–Trinajstić information content (AvgIpc) is 3.03. The number of β-amino-alcohol motifs (C(OH)–C–C–N with tert-alkyl or cyclic N) is 1. The number of alkyl halides is 3. The van der Waals surface area contributed by atoms with Gasteiger partial charge in [0.2, 0.25) is 0 Å². The first-order valence-corrected chi connectivity index (χ1v) is 6.10. The number of nitrogens with one attached hydrogen (secondary N) is 1. The van der Waals surface area contributed by atoms with Crippen molar-refractivity contribution in [2.24, 2.45) is 5.92 Å². The Labute approximate surface area is 103 Å². The quantitative estimate of drug-likeness (QED) is 0.813. The number of carbonyl (C=O) groups excluding carboxylic acids is 1. The maximum atomic E-state index is 12.7. The summed E-state index contributed by atoms with van der Waals surface area (Å²) in [5, 5.41) is 11.7. The number of amides is 2. The van der Waals surface area contributed by atoms with Gasteiger partial charge in [0.1, 0.15) is 6.04 Å². The number of hydrogen-bond acceptors (Lipinski definition) is 2. The Kier molecular flexibility index (Phi) is 3.21. The van der Waals surface area contributed by atoms with E-state index in [1.807, 2.05) is 5.32 Å². The highest BCUT2D eigenvalue weighted by Gasteiger charge is 2.51. The molecule has 104 valence electrons. The predicted molar refractivity (Wildman–Crippen MR) is 57.9 cm³/mol. The van der Waals surface area contributed by atoms with Crippen molar-refractivity contribution in [3.8, 4) is 0 Å². The van der Waals surface area contributed by atoms with E-state index in [0.29, 0.717) is 19.3 Å². The molecule has 1 atom stereocenters. The Balaban J connectivity index is 1.87. The number of halogens is 3. The van der Waals surface area contributed by atoms with Crippen molar-refractivity contribution in [2.45, 2.75) is 44.0 Å². The van der Waals surface area contributed by atoms with Crippen molar-refractivity contribution < 1.29 is 23.1 Å². The standard InChI is InChI=1S/C11H17F3N2O2/c1-2-10(18)5-16(6-10)9(17)15-8(7-3-4-7)11(12,13)14/h7-8,18H,2-6H2,1H3,(H,15,17). The molecule has 1 saturated heterocycles. The van der Waals surface area contributed by atoms with Gasteiger partial charge in [0.25, 0.3) is 0 Å². The minimum absolute atomic E-state index is 0.102. The lowest BCUT2D eigenvalue weighted by molar-refractivity contribution is -0.159. The summed E-state index contributed by atoms with van der Waals surface area (Å²) in [6.45, 7) is 1.98. The van der Waals surface area contributed by atoms with Crippen LogP contribution in [0, 0.1) is 5.92 Å². The maximum Gasteiger partial charge on any atom is 0.408 e. The van der Waals surface area contributed by atoms with Gasteiger partial charge in [-0.2, -0.15) is 13.2 Å². The number of aliphatic hydroxyl groups is 1. The van der Waals surface area contributed by atoms with Gasteiger partial charge < -0.3 is 15.3 Å². The van der Waals surface area contributed by atoms with Crippen molar-refractivity contribution >= 4 is 6.03 Å². The molecule has 4 nitrogen and oxygen atoms in total. The molecule has 7 heteroatoms. The van der Waals surface area contributed by atoms with Crippen LogP contribution in [0.15, 0.2) is 0 Å². The Morgan fingerprint density at radius 1 is 1.50 bits per heavy atom. The van der Waals surface area contributed by atoms with Crippen LogP contribution in [0.5, 0.6) is 0 Å². The fourth-order valence-electron chi connectivity index (χ4n) is 2.15. The molecular formula is C11H17F3N2O2. The number of urea groups is 1. The van der Waals surface area contributed by atoms with E-state index in [1.54, 1.807) is 6.92 Å². The lowest BCUT2D eigenvalue weighted by Crippen LogP contribution is -2.66. The van der Waals surface area contributed by atoms with Gasteiger partial charge in [-0.3, -0.25) is 0 Å². The van der Waals surface area contributed by atoms with Crippen LogP contribution in [0.4, 0.5) is 18.0 Å². The minimum atomic E-state index is -4.40. The van der Waals surface area contributed by atoms with Crippen LogP contribution in [0.1, 0.15) is 26.2 Å². The topological polar surface area (TPSA) is 52.6 Å². The molecule has 1 unspecified atom stereocenters. The molecule has 2 N–H and O–H groups in total. The summed E-state index contributed by atoms with van der Waals surface area (Å²) in [4.78, 5) is 12.8. The first kappa shape index (κ1) is 13.5. The smallest absolute Gasteiger partial charge is 0.386 e. The molecule has 2 aliphatic rings. The molecule has 1 aliphatic heterocycles. The summed E-state index contributed by atoms with van der Waals surface area (Å²) in [6, 6.07) is -2.48.